The van der Waals surface area contributed by atoms with Gasteiger partial charge >= 0.3 is 0 Å². The molecule has 1 aromatic heterocycles. The van der Waals surface area contributed by atoms with E-state index in [1.54, 1.807) is 12.3 Å². The van der Waals surface area contributed by atoms with E-state index in [1.165, 1.54) is 12.3 Å². The molecule has 3 aromatic rings. The fourth-order valence-electron chi connectivity index (χ4n) is 2.68. The SMILES string of the molecule is CC(C)(C)[S+]([O-])N=Cc1cc(-c2cc(F)ccc2F)cn1Cc1ccccc1. The lowest BCUT2D eigenvalue weighted by Gasteiger charge is -2.17. The van der Waals surface area contributed by atoms with Gasteiger partial charge in [-0.1, -0.05) is 34.7 Å². The van der Waals surface area contributed by atoms with Gasteiger partial charge in [-0.25, -0.2) is 8.78 Å². The summed E-state index contributed by atoms with van der Waals surface area (Å²) < 4.78 is 45.7. The summed E-state index contributed by atoms with van der Waals surface area (Å²) in [4.78, 5) is 0. The van der Waals surface area contributed by atoms with Gasteiger partial charge in [-0.2, -0.15) is 0 Å². The largest absolute Gasteiger partial charge is 0.591 e. The number of hydrogen-bond donors (Lipinski definition) is 0. The molecule has 0 aliphatic rings. The third-order valence-corrected chi connectivity index (χ3v) is 5.51. The lowest BCUT2D eigenvalue weighted by molar-refractivity contribution is 0.561. The molecule has 0 saturated carbocycles. The highest BCUT2D eigenvalue weighted by molar-refractivity contribution is 7.91. The average Bonchev–Trinajstić information content (AvgIpc) is 3.04. The summed E-state index contributed by atoms with van der Waals surface area (Å²) in [7, 11) is 0. The zero-order valence-corrected chi connectivity index (χ0v) is 16.8. The molecule has 1 heterocycles. The summed E-state index contributed by atoms with van der Waals surface area (Å²) in [6, 6.07) is 14.9. The Labute approximate surface area is 167 Å². The van der Waals surface area contributed by atoms with Crippen molar-refractivity contribution in [3.05, 3.63) is 83.7 Å². The Morgan fingerprint density at radius 3 is 2.46 bits per heavy atom. The molecule has 146 valence electrons. The van der Waals surface area contributed by atoms with E-state index in [0.717, 1.165) is 17.7 Å². The van der Waals surface area contributed by atoms with E-state index in [0.29, 0.717) is 17.8 Å². The van der Waals surface area contributed by atoms with Gasteiger partial charge in [-0.05, 0) is 50.6 Å². The molecule has 0 spiro atoms. The molecule has 0 aliphatic heterocycles. The molecule has 1 atom stereocenters. The topological polar surface area (TPSA) is 40.4 Å². The van der Waals surface area contributed by atoms with Crippen LogP contribution < -0.4 is 0 Å². The summed E-state index contributed by atoms with van der Waals surface area (Å²) in [6.45, 7) is 6.06. The fourth-order valence-corrected chi connectivity index (χ4v) is 3.20. The molecule has 2 aromatic carbocycles. The average molecular weight is 400 g/mol. The summed E-state index contributed by atoms with van der Waals surface area (Å²) in [5, 5.41) is 0. The van der Waals surface area contributed by atoms with E-state index in [4.69, 9.17) is 0 Å². The zero-order chi connectivity index (χ0) is 20.3. The second-order valence-corrected chi connectivity index (χ2v) is 9.42. The van der Waals surface area contributed by atoms with Gasteiger partial charge in [0.2, 0.25) is 0 Å². The van der Waals surface area contributed by atoms with E-state index in [9.17, 15) is 13.3 Å². The van der Waals surface area contributed by atoms with Gasteiger partial charge in [0.1, 0.15) is 34.0 Å². The molecule has 0 fully saturated rings. The van der Waals surface area contributed by atoms with Crippen molar-refractivity contribution in [2.24, 2.45) is 4.40 Å². The smallest absolute Gasteiger partial charge is 0.144 e. The Bertz CT molecular complexity index is 978. The van der Waals surface area contributed by atoms with Crippen LogP contribution in [0.5, 0.6) is 0 Å². The van der Waals surface area contributed by atoms with Gasteiger partial charge in [0, 0.05) is 23.9 Å². The lowest BCUT2D eigenvalue weighted by atomic mass is 10.1. The Morgan fingerprint density at radius 2 is 1.79 bits per heavy atom. The number of halogens is 2. The summed E-state index contributed by atoms with van der Waals surface area (Å²) in [6.07, 6.45) is 3.29. The van der Waals surface area contributed by atoms with Crippen LogP contribution in [0.25, 0.3) is 11.1 Å². The first-order valence-electron chi connectivity index (χ1n) is 8.89. The molecule has 3 nitrogen and oxygen atoms in total. The summed E-state index contributed by atoms with van der Waals surface area (Å²) in [5.41, 5.74) is 2.44. The highest BCUT2D eigenvalue weighted by Crippen LogP contribution is 2.26. The normalized spacial score (nSPS) is 13.2. The van der Waals surface area contributed by atoms with Gasteiger partial charge < -0.3 is 9.12 Å². The van der Waals surface area contributed by atoms with Crippen molar-refractivity contribution in [1.29, 1.82) is 0 Å². The van der Waals surface area contributed by atoms with Crippen LogP contribution in [0.4, 0.5) is 8.78 Å². The maximum Gasteiger partial charge on any atom is 0.144 e. The molecule has 0 saturated heterocycles. The molecule has 6 heteroatoms. The first kappa shape index (κ1) is 20.3. The van der Waals surface area contributed by atoms with Crippen LogP contribution in [-0.2, 0) is 17.9 Å². The van der Waals surface area contributed by atoms with Crippen molar-refractivity contribution in [3.63, 3.8) is 0 Å². The molecule has 0 aliphatic carbocycles. The molecule has 1 unspecified atom stereocenters. The van der Waals surface area contributed by atoms with Crippen molar-refractivity contribution in [1.82, 2.24) is 4.57 Å². The van der Waals surface area contributed by atoms with Gasteiger partial charge in [0.25, 0.3) is 0 Å². The molecular weight excluding hydrogens is 378 g/mol. The van der Waals surface area contributed by atoms with Gasteiger partial charge in [-0.3, -0.25) is 0 Å². The summed E-state index contributed by atoms with van der Waals surface area (Å²) >= 11 is -1.41. The van der Waals surface area contributed by atoms with E-state index >= 15 is 0 Å². The van der Waals surface area contributed by atoms with Gasteiger partial charge in [-0.15, -0.1) is 0 Å². The van der Waals surface area contributed by atoms with Crippen LogP contribution in [0.2, 0.25) is 0 Å². The Balaban J connectivity index is 2.02. The van der Waals surface area contributed by atoms with E-state index in [-0.39, 0.29) is 5.56 Å². The number of hydrogen-bond acceptors (Lipinski definition) is 2. The third kappa shape index (κ3) is 4.88. The molecule has 0 N–H and O–H groups in total. The second-order valence-electron chi connectivity index (χ2n) is 7.49. The minimum atomic E-state index is -1.41. The first-order valence-corrected chi connectivity index (χ1v) is 10.0. The van der Waals surface area contributed by atoms with Gasteiger partial charge in [0.15, 0.2) is 0 Å². The number of benzene rings is 2. The number of nitrogens with zero attached hydrogens (tertiary/aromatic N) is 2. The predicted octanol–water partition coefficient (Wildman–Crippen LogP) is 5.36. The highest BCUT2D eigenvalue weighted by Gasteiger charge is 2.26. The minimum Gasteiger partial charge on any atom is -0.591 e. The standard InChI is InChI=1S/C22H22F2N2OS/c1-22(2,3)28(27)25-13-19-11-17(20-12-18(23)9-10-21(20)24)15-26(19)14-16-7-5-4-6-8-16/h4-13,15H,14H2,1-3H3. The van der Waals surface area contributed by atoms with Crippen molar-refractivity contribution < 1.29 is 13.3 Å². The van der Waals surface area contributed by atoms with E-state index in [2.05, 4.69) is 4.40 Å². The molecular formula is C22H22F2N2OS. The maximum atomic E-state index is 14.2. The minimum absolute atomic E-state index is 0.179. The molecule has 0 bridgehead atoms. The van der Waals surface area contributed by atoms with Crippen molar-refractivity contribution in [2.75, 3.05) is 0 Å². The van der Waals surface area contributed by atoms with Crippen LogP contribution in [0.3, 0.4) is 0 Å². The quantitative estimate of drug-likeness (QED) is 0.420. The Morgan fingerprint density at radius 1 is 1.07 bits per heavy atom. The molecule has 3 rings (SSSR count). The molecule has 28 heavy (non-hydrogen) atoms. The van der Waals surface area contributed by atoms with Crippen LogP contribution in [0, 0.1) is 11.6 Å². The monoisotopic (exact) mass is 400 g/mol. The van der Waals surface area contributed by atoms with Gasteiger partial charge in [0.05, 0.1) is 5.69 Å². The van der Waals surface area contributed by atoms with Crippen molar-refractivity contribution in [2.45, 2.75) is 32.1 Å². The van der Waals surface area contributed by atoms with Crippen LogP contribution in [0.15, 0.2) is 65.2 Å². The van der Waals surface area contributed by atoms with E-state index < -0.39 is 27.7 Å². The fraction of sp³-hybridized carbons (Fsp3) is 0.227. The van der Waals surface area contributed by atoms with Crippen LogP contribution in [-0.4, -0.2) is 20.1 Å². The third-order valence-electron chi connectivity index (χ3n) is 4.17. The van der Waals surface area contributed by atoms with Crippen LogP contribution >= 0.6 is 0 Å². The predicted molar refractivity (Wildman–Crippen MR) is 111 cm³/mol. The lowest BCUT2D eigenvalue weighted by Crippen LogP contribution is -2.26. The first-order chi connectivity index (χ1) is 13.2. The Hall–Kier alpha value is -2.44. The van der Waals surface area contributed by atoms with Crippen LogP contribution in [0.1, 0.15) is 32.0 Å². The molecule has 0 amide bonds. The number of aromatic nitrogens is 1. The Kier molecular flexibility index (Phi) is 6.01. The van der Waals surface area contributed by atoms with Crippen molar-refractivity contribution >= 4 is 17.6 Å². The zero-order valence-electron chi connectivity index (χ0n) is 16.0. The maximum absolute atomic E-state index is 14.2. The van der Waals surface area contributed by atoms with Crippen molar-refractivity contribution in [3.8, 4) is 11.1 Å². The highest BCUT2D eigenvalue weighted by atomic mass is 32.2. The number of rotatable bonds is 5. The second kappa shape index (κ2) is 8.29. The molecule has 0 radical (unpaired) electrons. The summed E-state index contributed by atoms with van der Waals surface area (Å²) in [5.74, 6) is -1.00. The van der Waals surface area contributed by atoms with E-state index in [1.807, 2.05) is 55.7 Å².